The van der Waals surface area contributed by atoms with Gasteiger partial charge in [0.25, 0.3) is 0 Å². The average Bonchev–Trinajstić information content (AvgIpc) is 3.67. The zero-order chi connectivity index (χ0) is 31.4. The number of para-hydroxylation sites is 1. The van der Waals surface area contributed by atoms with Crippen LogP contribution in [0.4, 0.5) is 0 Å². The first kappa shape index (κ1) is 27.9. The zero-order valence-electron chi connectivity index (χ0n) is 26.3. The van der Waals surface area contributed by atoms with Gasteiger partial charge >= 0.3 is 0 Å². The van der Waals surface area contributed by atoms with Crippen LogP contribution in [0.3, 0.4) is 0 Å². The molecule has 0 amide bonds. The maximum Gasteiger partial charge on any atom is 0.229 e. The fraction of sp³-hybridized carbons (Fsp3) is 0.150. The van der Waals surface area contributed by atoms with Crippen molar-refractivity contribution in [2.24, 2.45) is 5.92 Å². The van der Waals surface area contributed by atoms with Crippen LogP contribution in [0, 0.1) is 12.8 Å². The van der Waals surface area contributed by atoms with E-state index in [1.54, 1.807) is 0 Å². The Morgan fingerprint density at radius 2 is 1.33 bits per heavy atom. The van der Waals surface area contributed by atoms with Crippen LogP contribution in [-0.2, 0) is 0 Å². The van der Waals surface area contributed by atoms with Crippen molar-refractivity contribution in [1.29, 1.82) is 0 Å². The van der Waals surface area contributed by atoms with Crippen molar-refractivity contribution < 1.29 is 4.42 Å². The van der Waals surface area contributed by atoms with Crippen molar-refractivity contribution in [1.82, 2.24) is 24.5 Å². The molecule has 224 valence electrons. The molecule has 1 atom stereocenters. The fourth-order valence-electron chi connectivity index (χ4n) is 6.39. The third-order valence-corrected chi connectivity index (χ3v) is 9.12. The van der Waals surface area contributed by atoms with E-state index in [1.165, 1.54) is 0 Å². The lowest BCUT2D eigenvalue weighted by Gasteiger charge is -2.20. The number of aryl methyl sites for hydroxylation is 1. The summed E-state index contributed by atoms with van der Waals surface area (Å²) < 4.78 is 8.88. The van der Waals surface area contributed by atoms with Gasteiger partial charge in [0.2, 0.25) is 5.71 Å². The highest BCUT2D eigenvalue weighted by Gasteiger charge is 2.26. The summed E-state index contributed by atoms with van der Waals surface area (Å²) in [6.45, 7) is 8.68. The third kappa shape index (κ3) is 4.48. The maximum atomic E-state index is 6.61. The Bertz CT molecular complexity index is 2310. The number of imidazole rings is 1. The molecule has 0 N–H and O–H groups in total. The predicted octanol–water partition coefficient (Wildman–Crippen LogP) is 10.2. The van der Waals surface area contributed by atoms with Gasteiger partial charge in [0.05, 0.1) is 33.4 Å². The van der Waals surface area contributed by atoms with Crippen molar-refractivity contribution in [3.05, 3.63) is 127 Å². The van der Waals surface area contributed by atoms with Crippen LogP contribution < -0.4 is 0 Å². The molecule has 8 aromatic rings. The molecule has 0 radical (unpaired) electrons. The lowest BCUT2D eigenvalue weighted by molar-refractivity contribution is 0.521. The molecule has 0 saturated carbocycles. The van der Waals surface area contributed by atoms with Gasteiger partial charge in [0, 0.05) is 35.1 Å². The summed E-state index contributed by atoms with van der Waals surface area (Å²) in [5.41, 5.74) is 12.0. The molecule has 1 unspecified atom stereocenters. The van der Waals surface area contributed by atoms with Gasteiger partial charge in [-0.2, -0.15) is 0 Å². The lowest BCUT2D eigenvalue weighted by Crippen LogP contribution is -2.04. The molecular weight excluding hydrogens is 566 g/mol. The topological polar surface area (TPSA) is 69.6 Å². The average molecular weight is 600 g/mol. The maximum absolute atomic E-state index is 6.61. The molecular formula is C40H33N5O. The molecule has 8 rings (SSSR count). The molecule has 0 aliphatic rings. The SMILES string of the molecule is Cc1nccc2nc(-c3ccnc4c3oc3nc(C(C)C(C)C)ccc34)n(-c3c(-c4ccccc4)cccc3-c3ccccc3)c12. The number of nitrogens with zero attached hydrogens (tertiary/aromatic N) is 5. The summed E-state index contributed by atoms with van der Waals surface area (Å²) in [5.74, 6) is 1.52. The monoisotopic (exact) mass is 599 g/mol. The van der Waals surface area contributed by atoms with E-state index in [2.05, 4.69) is 104 Å². The highest BCUT2D eigenvalue weighted by molar-refractivity contribution is 6.06. The molecule has 0 fully saturated rings. The molecule has 5 heterocycles. The molecule has 0 bridgehead atoms. The number of furan rings is 1. The van der Waals surface area contributed by atoms with E-state index in [-0.39, 0.29) is 0 Å². The van der Waals surface area contributed by atoms with Crippen LogP contribution in [0.25, 0.3) is 72.6 Å². The van der Waals surface area contributed by atoms with Crippen LogP contribution in [0.15, 0.2) is 120 Å². The van der Waals surface area contributed by atoms with Gasteiger partial charge < -0.3 is 4.42 Å². The first-order chi connectivity index (χ1) is 22.5. The summed E-state index contributed by atoms with van der Waals surface area (Å²) in [6.07, 6.45) is 3.66. The van der Waals surface area contributed by atoms with Gasteiger partial charge in [-0.15, -0.1) is 0 Å². The summed E-state index contributed by atoms with van der Waals surface area (Å²) >= 11 is 0. The molecule has 0 aliphatic carbocycles. The third-order valence-electron chi connectivity index (χ3n) is 9.12. The number of hydrogen-bond acceptors (Lipinski definition) is 5. The number of rotatable bonds is 6. The van der Waals surface area contributed by atoms with Crippen LogP contribution in [0.1, 0.15) is 38.1 Å². The molecule has 0 aliphatic heterocycles. The second kappa shape index (κ2) is 11.1. The highest BCUT2D eigenvalue weighted by atomic mass is 16.3. The van der Waals surface area contributed by atoms with E-state index in [1.807, 2.05) is 43.6 Å². The Morgan fingerprint density at radius 3 is 2.00 bits per heavy atom. The minimum atomic E-state index is 0.301. The molecule has 3 aromatic carbocycles. The second-order valence-corrected chi connectivity index (χ2v) is 12.2. The van der Waals surface area contributed by atoms with Gasteiger partial charge in [0.15, 0.2) is 5.58 Å². The summed E-state index contributed by atoms with van der Waals surface area (Å²) in [7, 11) is 0. The zero-order valence-corrected chi connectivity index (χ0v) is 26.3. The molecule has 6 nitrogen and oxygen atoms in total. The van der Waals surface area contributed by atoms with E-state index in [9.17, 15) is 0 Å². The van der Waals surface area contributed by atoms with Crippen molar-refractivity contribution >= 4 is 33.2 Å². The van der Waals surface area contributed by atoms with E-state index >= 15 is 0 Å². The van der Waals surface area contributed by atoms with Crippen molar-refractivity contribution in [2.45, 2.75) is 33.6 Å². The van der Waals surface area contributed by atoms with Crippen molar-refractivity contribution in [3.8, 4) is 39.3 Å². The summed E-state index contributed by atoms with van der Waals surface area (Å²) in [4.78, 5) is 19.8. The minimum Gasteiger partial charge on any atom is -0.435 e. The number of pyridine rings is 3. The van der Waals surface area contributed by atoms with Gasteiger partial charge in [-0.25, -0.2) is 9.97 Å². The Morgan fingerprint density at radius 1 is 0.652 bits per heavy atom. The van der Waals surface area contributed by atoms with Gasteiger partial charge in [-0.05, 0) is 48.2 Å². The fourth-order valence-corrected chi connectivity index (χ4v) is 6.39. The van der Waals surface area contributed by atoms with Gasteiger partial charge in [-0.1, -0.05) is 99.6 Å². The normalized spacial score (nSPS) is 12.5. The number of hydrogen-bond donors (Lipinski definition) is 0. The first-order valence-corrected chi connectivity index (χ1v) is 15.8. The Kier molecular flexibility index (Phi) is 6.71. The smallest absolute Gasteiger partial charge is 0.229 e. The van der Waals surface area contributed by atoms with E-state index in [0.29, 0.717) is 23.1 Å². The van der Waals surface area contributed by atoms with Crippen molar-refractivity contribution in [3.63, 3.8) is 0 Å². The van der Waals surface area contributed by atoms with Crippen LogP contribution in [0.2, 0.25) is 0 Å². The predicted molar refractivity (Wildman–Crippen MR) is 186 cm³/mol. The number of benzene rings is 3. The second-order valence-electron chi connectivity index (χ2n) is 12.2. The van der Waals surface area contributed by atoms with Crippen LogP contribution in [0.5, 0.6) is 0 Å². The van der Waals surface area contributed by atoms with E-state index in [4.69, 9.17) is 24.4 Å². The van der Waals surface area contributed by atoms with Crippen LogP contribution >= 0.6 is 0 Å². The molecule has 6 heteroatoms. The standard InChI is InChI=1S/C40H33N5O/c1-24(2)25(3)33-19-18-31-35-38(46-40(31)44-33)32(20-22-42-35)39-43-34-21-23-41-26(4)36(34)45(39)37-29(27-12-7-5-8-13-27)16-11-17-30(37)28-14-9-6-10-15-28/h5-25H,1-4H3. The molecule has 46 heavy (non-hydrogen) atoms. The Hall–Kier alpha value is -5.62. The largest absolute Gasteiger partial charge is 0.435 e. The summed E-state index contributed by atoms with van der Waals surface area (Å²) in [5, 5.41) is 0.895. The quantitative estimate of drug-likeness (QED) is 0.190. The Balaban J connectivity index is 1.48. The number of fused-ring (bicyclic) bond motifs is 4. The molecule has 5 aromatic heterocycles. The number of aromatic nitrogens is 5. The van der Waals surface area contributed by atoms with E-state index in [0.717, 1.165) is 72.7 Å². The van der Waals surface area contributed by atoms with Crippen LogP contribution in [-0.4, -0.2) is 24.5 Å². The van der Waals surface area contributed by atoms with Gasteiger partial charge in [0.1, 0.15) is 11.3 Å². The lowest BCUT2D eigenvalue weighted by atomic mass is 9.94. The molecule has 0 spiro atoms. The van der Waals surface area contributed by atoms with Gasteiger partial charge in [-0.3, -0.25) is 14.5 Å². The summed E-state index contributed by atoms with van der Waals surface area (Å²) in [6, 6.07) is 35.7. The highest BCUT2D eigenvalue weighted by Crippen LogP contribution is 2.42. The molecule has 0 saturated heterocycles. The van der Waals surface area contributed by atoms with E-state index < -0.39 is 0 Å². The minimum absolute atomic E-state index is 0.301. The Labute approximate surface area is 267 Å². The van der Waals surface area contributed by atoms with Crippen molar-refractivity contribution in [2.75, 3.05) is 0 Å². The first-order valence-electron chi connectivity index (χ1n) is 15.8.